The van der Waals surface area contributed by atoms with E-state index in [1.807, 2.05) is 6.92 Å². The molecule has 0 aliphatic carbocycles. The number of aryl methyl sites for hydroxylation is 1. The minimum absolute atomic E-state index is 0.0966. The molecule has 1 amide bonds. The molecule has 3 N–H and O–H groups in total. The first-order valence-electron chi connectivity index (χ1n) is 6.42. The number of methoxy groups -OCH3 is 2. The van der Waals surface area contributed by atoms with Gasteiger partial charge in [0.25, 0.3) is 5.91 Å². The number of nitrogens with two attached hydrogens (primary N) is 1. The van der Waals surface area contributed by atoms with Gasteiger partial charge in [0.1, 0.15) is 6.04 Å². The van der Waals surface area contributed by atoms with Crippen LogP contribution in [0.4, 0.5) is 4.39 Å². The number of amides is 1. The van der Waals surface area contributed by atoms with Crippen LogP contribution < -0.4 is 15.8 Å². The molecule has 1 atom stereocenters. The molecule has 0 fully saturated rings. The predicted octanol–water partition coefficient (Wildman–Crippen LogP) is 0.627. The Kier molecular flexibility index (Phi) is 6.10. The maximum absolute atomic E-state index is 13.8. The van der Waals surface area contributed by atoms with Gasteiger partial charge < -0.3 is 20.5 Å². The zero-order valence-corrected chi connectivity index (χ0v) is 12.2. The summed E-state index contributed by atoms with van der Waals surface area (Å²) in [5.41, 5.74) is 6.23. The number of carbonyl (C=O) groups excluding carboxylic acids is 2. The predicted molar refractivity (Wildman–Crippen MR) is 74.7 cm³/mol. The molecule has 1 aromatic carbocycles. The van der Waals surface area contributed by atoms with Crippen LogP contribution in [0.5, 0.6) is 5.75 Å². The number of hydrogen-bond acceptors (Lipinski definition) is 5. The van der Waals surface area contributed by atoms with E-state index >= 15 is 0 Å². The number of esters is 1. The highest BCUT2D eigenvalue weighted by molar-refractivity contribution is 5.95. The lowest BCUT2D eigenvalue weighted by Crippen LogP contribution is -2.43. The zero-order valence-electron chi connectivity index (χ0n) is 12.2. The number of ether oxygens (including phenoxy) is 2. The lowest BCUT2D eigenvalue weighted by atomic mass is 10.1. The van der Waals surface area contributed by atoms with Crippen LogP contribution in [0.1, 0.15) is 22.8 Å². The fraction of sp³-hybridized carbons (Fsp3) is 0.429. The van der Waals surface area contributed by atoms with Gasteiger partial charge in [-0.25, -0.2) is 4.39 Å². The Hall–Kier alpha value is -2.15. The van der Waals surface area contributed by atoms with Gasteiger partial charge in [0, 0.05) is 12.1 Å². The summed E-state index contributed by atoms with van der Waals surface area (Å²) in [5, 5.41) is 2.46. The molecular weight excluding hydrogens is 279 g/mol. The third kappa shape index (κ3) is 4.16. The van der Waals surface area contributed by atoms with E-state index in [4.69, 9.17) is 10.5 Å². The van der Waals surface area contributed by atoms with Gasteiger partial charge >= 0.3 is 5.97 Å². The summed E-state index contributed by atoms with van der Waals surface area (Å²) in [4.78, 5) is 23.1. The lowest BCUT2D eigenvalue weighted by molar-refractivity contribution is -0.141. The van der Waals surface area contributed by atoms with Gasteiger partial charge in [-0.2, -0.15) is 0 Å². The summed E-state index contributed by atoms with van der Waals surface area (Å²) in [6, 6.07) is 1.66. The molecular formula is C14H19FN2O4. The minimum atomic E-state index is -0.965. The number of nitrogens with one attached hydrogen (secondary N) is 1. The van der Waals surface area contributed by atoms with Gasteiger partial charge in [-0.15, -0.1) is 0 Å². The Morgan fingerprint density at radius 2 is 2.05 bits per heavy atom. The standard InChI is InChI=1S/C14H19FN2O4/c1-4-8-5-9(6-10(15)12(8)20-2)13(18)17-7-11(16)14(19)21-3/h5-6,11H,4,7,16H2,1-3H3,(H,17,18)/t11-/m1/s1. The molecule has 0 saturated heterocycles. The van der Waals surface area contributed by atoms with Crippen LogP contribution >= 0.6 is 0 Å². The van der Waals surface area contributed by atoms with Gasteiger partial charge in [-0.3, -0.25) is 9.59 Å². The van der Waals surface area contributed by atoms with Crippen molar-refractivity contribution in [1.29, 1.82) is 0 Å². The Balaban J connectivity index is 2.84. The van der Waals surface area contributed by atoms with Gasteiger partial charge in [-0.1, -0.05) is 6.92 Å². The molecule has 0 heterocycles. The maximum Gasteiger partial charge on any atom is 0.324 e. The summed E-state index contributed by atoms with van der Waals surface area (Å²) in [6.45, 7) is 1.73. The fourth-order valence-electron chi connectivity index (χ4n) is 1.81. The smallest absolute Gasteiger partial charge is 0.324 e. The molecule has 116 valence electrons. The Bertz CT molecular complexity index is 534. The van der Waals surface area contributed by atoms with E-state index in [1.165, 1.54) is 14.2 Å². The Morgan fingerprint density at radius 3 is 2.57 bits per heavy atom. The number of rotatable bonds is 6. The van der Waals surface area contributed by atoms with E-state index in [1.54, 1.807) is 6.07 Å². The summed E-state index contributed by atoms with van der Waals surface area (Å²) in [6.07, 6.45) is 0.517. The van der Waals surface area contributed by atoms with E-state index in [0.717, 1.165) is 6.07 Å². The number of halogens is 1. The fourth-order valence-corrected chi connectivity index (χ4v) is 1.81. The third-order valence-electron chi connectivity index (χ3n) is 2.95. The van der Waals surface area contributed by atoms with Crippen LogP contribution in [0.25, 0.3) is 0 Å². The van der Waals surface area contributed by atoms with Crippen molar-refractivity contribution in [2.75, 3.05) is 20.8 Å². The maximum atomic E-state index is 13.8. The van der Waals surface area contributed by atoms with Crippen LogP contribution in [-0.4, -0.2) is 38.7 Å². The van der Waals surface area contributed by atoms with Crippen LogP contribution in [0.15, 0.2) is 12.1 Å². The number of benzene rings is 1. The molecule has 0 radical (unpaired) electrons. The molecule has 0 saturated carbocycles. The quantitative estimate of drug-likeness (QED) is 0.752. The van der Waals surface area contributed by atoms with Crippen LogP contribution in [0, 0.1) is 5.82 Å². The van der Waals surface area contributed by atoms with Crippen molar-refractivity contribution in [2.24, 2.45) is 5.73 Å². The summed E-state index contributed by atoms with van der Waals surface area (Å²) in [5.74, 6) is -1.64. The summed E-state index contributed by atoms with van der Waals surface area (Å²) in [7, 11) is 2.57. The largest absolute Gasteiger partial charge is 0.493 e. The van der Waals surface area contributed by atoms with Crippen LogP contribution in [-0.2, 0) is 16.0 Å². The normalized spacial score (nSPS) is 11.7. The van der Waals surface area contributed by atoms with Crippen molar-refractivity contribution >= 4 is 11.9 Å². The van der Waals surface area contributed by atoms with Crippen molar-refractivity contribution in [3.8, 4) is 5.75 Å². The molecule has 0 unspecified atom stereocenters. The average Bonchev–Trinajstić information content (AvgIpc) is 2.50. The first-order chi connectivity index (χ1) is 9.94. The highest BCUT2D eigenvalue weighted by Gasteiger charge is 2.18. The highest BCUT2D eigenvalue weighted by Crippen LogP contribution is 2.24. The van der Waals surface area contributed by atoms with E-state index < -0.39 is 23.7 Å². The lowest BCUT2D eigenvalue weighted by Gasteiger charge is -2.13. The molecule has 7 heteroatoms. The van der Waals surface area contributed by atoms with E-state index in [9.17, 15) is 14.0 Å². The topological polar surface area (TPSA) is 90.7 Å². The zero-order chi connectivity index (χ0) is 16.0. The molecule has 0 aliphatic rings. The Morgan fingerprint density at radius 1 is 1.38 bits per heavy atom. The van der Waals surface area contributed by atoms with Crippen molar-refractivity contribution in [2.45, 2.75) is 19.4 Å². The molecule has 0 aromatic heterocycles. The molecule has 0 bridgehead atoms. The number of carbonyl (C=O) groups is 2. The van der Waals surface area contributed by atoms with Crippen LogP contribution in [0.3, 0.4) is 0 Å². The van der Waals surface area contributed by atoms with Gasteiger partial charge in [0.15, 0.2) is 11.6 Å². The van der Waals surface area contributed by atoms with Crippen LogP contribution in [0.2, 0.25) is 0 Å². The summed E-state index contributed by atoms with van der Waals surface area (Å²) < 4.78 is 23.2. The van der Waals surface area contributed by atoms with Crippen molar-refractivity contribution in [1.82, 2.24) is 5.32 Å². The van der Waals surface area contributed by atoms with E-state index in [-0.39, 0.29) is 17.9 Å². The second-order valence-corrected chi connectivity index (χ2v) is 4.34. The number of hydrogen-bond donors (Lipinski definition) is 2. The molecule has 0 aliphatic heterocycles. The molecule has 6 nitrogen and oxygen atoms in total. The first kappa shape index (κ1) is 16.9. The Labute approximate surface area is 122 Å². The SMILES string of the molecule is CCc1cc(C(=O)NC[C@@H](N)C(=O)OC)cc(F)c1OC. The second kappa shape index (κ2) is 7.58. The van der Waals surface area contributed by atoms with Gasteiger partial charge in [-0.05, 0) is 24.1 Å². The second-order valence-electron chi connectivity index (χ2n) is 4.34. The molecule has 1 aromatic rings. The molecule has 1 rings (SSSR count). The monoisotopic (exact) mass is 298 g/mol. The first-order valence-corrected chi connectivity index (χ1v) is 6.42. The van der Waals surface area contributed by atoms with Gasteiger partial charge in [0.05, 0.1) is 14.2 Å². The minimum Gasteiger partial charge on any atom is -0.493 e. The van der Waals surface area contributed by atoms with E-state index in [0.29, 0.717) is 12.0 Å². The van der Waals surface area contributed by atoms with Crippen molar-refractivity contribution in [3.05, 3.63) is 29.1 Å². The average molecular weight is 298 g/mol. The third-order valence-corrected chi connectivity index (χ3v) is 2.95. The van der Waals surface area contributed by atoms with Crippen molar-refractivity contribution in [3.63, 3.8) is 0 Å². The highest BCUT2D eigenvalue weighted by atomic mass is 19.1. The molecule has 21 heavy (non-hydrogen) atoms. The molecule has 0 spiro atoms. The van der Waals surface area contributed by atoms with E-state index in [2.05, 4.69) is 10.1 Å². The van der Waals surface area contributed by atoms with Gasteiger partial charge in [0.2, 0.25) is 0 Å². The summed E-state index contributed by atoms with van der Waals surface area (Å²) >= 11 is 0. The van der Waals surface area contributed by atoms with Crippen molar-refractivity contribution < 1.29 is 23.5 Å².